The van der Waals surface area contributed by atoms with Gasteiger partial charge in [0.05, 0.1) is 11.9 Å². The predicted octanol–water partition coefficient (Wildman–Crippen LogP) is 5.68. The molecule has 0 saturated carbocycles. The standard InChI is InChI=1S/C30H35N7O3.ClH/c1-5-31-28(38)34-24-8-6-7-22(17-24)25-20-33-27-18-21(11-12-37(25)27)23-9-10-26(32-19-23)35-13-15-36(16-14-35)29(39)40-30(2,3)4;/h6-12,17-20H,5,13-16H2,1-4H3,(H2,31,34,38);1H. The first-order valence-corrected chi connectivity index (χ1v) is 13.5. The smallest absolute Gasteiger partial charge is 0.410 e. The highest BCUT2D eigenvalue weighted by Gasteiger charge is 2.26. The summed E-state index contributed by atoms with van der Waals surface area (Å²) in [5.41, 5.74) is 4.93. The third-order valence-corrected chi connectivity index (χ3v) is 6.60. The molecule has 4 heterocycles. The molecule has 0 bridgehead atoms. The molecule has 41 heavy (non-hydrogen) atoms. The number of pyridine rings is 2. The molecule has 0 radical (unpaired) electrons. The average Bonchev–Trinajstić information content (AvgIpc) is 3.36. The van der Waals surface area contributed by atoms with Crippen molar-refractivity contribution in [3.05, 3.63) is 67.1 Å². The van der Waals surface area contributed by atoms with Crippen molar-refractivity contribution in [2.45, 2.75) is 33.3 Å². The first kappa shape index (κ1) is 29.7. The van der Waals surface area contributed by atoms with E-state index in [1.807, 2.05) is 93.2 Å². The van der Waals surface area contributed by atoms with Crippen LogP contribution in [0, 0.1) is 0 Å². The number of nitrogens with one attached hydrogen (secondary N) is 2. The van der Waals surface area contributed by atoms with Gasteiger partial charge in [0.15, 0.2) is 0 Å². The van der Waals surface area contributed by atoms with E-state index in [1.54, 1.807) is 4.90 Å². The molecule has 0 atom stereocenters. The second-order valence-corrected chi connectivity index (χ2v) is 10.7. The number of carbonyl (C=O) groups is 2. The Balaban J connectivity index is 0.00000387. The van der Waals surface area contributed by atoms with Gasteiger partial charge in [-0.2, -0.15) is 0 Å². The van der Waals surface area contributed by atoms with Gasteiger partial charge in [0, 0.05) is 61.9 Å². The molecule has 0 unspecified atom stereocenters. The molecule has 3 amide bonds. The fourth-order valence-electron chi connectivity index (χ4n) is 4.65. The molecule has 5 rings (SSSR count). The van der Waals surface area contributed by atoms with Crippen LogP contribution in [-0.4, -0.2) is 69.7 Å². The zero-order valence-corrected chi connectivity index (χ0v) is 24.6. The van der Waals surface area contributed by atoms with E-state index in [1.165, 1.54) is 0 Å². The zero-order valence-electron chi connectivity index (χ0n) is 23.8. The topological polar surface area (TPSA) is 104 Å². The molecule has 10 nitrogen and oxygen atoms in total. The van der Waals surface area contributed by atoms with E-state index in [2.05, 4.69) is 26.6 Å². The van der Waals surface area contributed by atoms with Gasteiger partial charge >= 0.3 is 12.1 Å². The highest BCUT2D eigenvalue weighted by molar-refractivity contribution is 5.90. The lowest BCUT2D eigenvalue weighted by atomic mass is 10.1. The minimum atomic E-state index is -0.497. The summed E-state index contributed by atoms with van der Waals surface area (Å²) in [6.45, 7) is 10.7. The fourth-order valence-corrected chi connectivity index (χ4v) is 4.65. The van der Waals surface area contributed by atoms with Crippen LogP contribution in [0.1, 0.15) is 27.7 Å². The number of amides is 3. The van der Waals surface area contributed by atoms with Gasteiger partial charge in [0.1, 0.15) is 17.1 Å². The number of rotatable bonds is 5. The third kappa shape index (κ3) is 7.07. The van der Waals surface area contributed by atoms with Crippen LogP contribution in [0.4, 0.5) is 21.1 Å². The zero-order chi connectivity index (χ0) is 28.3. The number of imidazole rings is 1. The van der Waals surface area contributed by atoms with Gasteiger partial charge in [0.2, 0.25) is 0 Å². The molecular weight excluding hydrogens is 542 g/mol. The number of benzene rings is 1. The number of urea groups is 1. The van der Waals surface area contributed by atoms with Crippen LogP contribution >= 0.6 is 12.4 Å². The average molecular weight is 578 g/mol. The number of nitrogens with zero attached hydrogens (tertiary/aromatic N) is 5. The monoisotopic (exact) mass is 577 g/mol. The number of hydrogen-bond acceptors (Lipinski definition) is 6. The van der Waals surface area contributed by atoms with Crippen molar-refractivity contribution in [2.75, 3.05) is 42.9 Å². The Hall–Kier alpha value is -4.31. The first-order valence-electron chi connectivity index (χ1n) is 13.5. The Labute approximate surface area is 246 Å². The minimum absolute atomic E-state index is 0. The molecule has 1 aromatic carbocycles. The van der Waals surface area contributed by atoms with Gasteiger partial charge in [-0.3, -0.25) is 4.40 Å². The van der Waals surface area contributed by atoms with E-state index in [0.717, 1.165) is 33.8 Å². The summed E-state index contributed by atoms with van der Waals surface area (Å²) >= 11 is 0. The SMILES string of the molecule is CCNC(=O)Nc1cccc(-c2cnc3cc(-c4ccc(N5CCN(C(=O)OC(C)(C)C)CC5)nc4)ccn23)c1.Cl. The van der Waals surface area contributed by atoms with Gasteiger partial charge in [-0.1, -0.05) is 12.1 Å². The Morgan fingerprint density at radius 3 is 2.39 bits per heavy atom. The Kier molecular flexibility index (Phi) is 9.02. The van der Waals surface area contributed by atoms with Crippen LogP contribution in [0.3, 0.4) is 0 Å². The largest absolute Gasteiger partial charge is 0.444 e. The van der Waals surface area contributed by atoms with Crippen LogP contribution in [0.2, 0.25) is 0 Å². The molecule has 0 aliphatic carbocycles. The first-order chi connectivity index (χ1) is 19.2. The summed E-state index contributed by atoms with van der Waals surface area (Å²) in [6, 6.07) is 15.6. The van der Waals surface area contributed by atoms with Crippen LogP contribution in [0.5, 0.6) is 0 Å². The van der Waals surface area contributed by atoms with Crippen molar-refractivity contribution < 1.29 is 14.3 Å². The van der Waals surface area contributed by atoms with Gasteiger partial charge in [0.25, 0.3) is 0 Å². The number of hydrogen-bond donors (Lipinski definition) is 2. The molecule has 1 aliphatic heterocycles. The van der Waals surface area contributed by atoms with Crippen molar-refractivity contribution >= 4 is 41.7 Å². The fraction of sp³-hybridized carbons (Fsp3) is 0.333. The van der Waals surface area contributed by atoms with Gasteiger partial charge in [-0.15, -0.1) is 12.4 Å². The van der Waals surface area contributed by atoms with E-state index < -0.39 is 5.60 Å². The molecule has 1 saturated heterocycles. The highest BCUT2D eigenvalue weighted by Crippen LogP contribution is 2.27. The van der Waals surface area contributed by atoms with Gasteiger partial charge in [-0.25, -0.2) is 19.6 Å². The maximum absolute atomic E-state index is 12.4. The lowest BCUT2D eigenvalue weighted by Crippen LogP contribution is -2.50. The number of ether oxygens (including phenoxy) is 1. The van der Waals surface area contributed by atoms with Crippen LogP contribution in [0.25, 0.3) is 28.0 Å². The highest BCUT2D eigenvalue weighted by atomic mass is 35.5. The number of piperazine rings is 1. The third-order valence-electron chi connectivity index (χ3n) is 6.60. The molecule has 3 aromatic heterocycles. The molecule has 2 N–H and O–H groups in total. The van der Waals surface area contributed by atoms with E-state index >= 15 is 0 Å². The van der Waals surface area contributed by atoms with Gasteiger partial charge < -0.3 is 25.2 Å². The summed E-state index contributed by atoms with van der Waals surface area (Å²) in [6.07, 6.45) is 5.45. The maximum atomic E-state index is 12.4. The van der Waals surface area contributed by atoms with Crippen LogP contribution in [-0.2, 0) is 4.74 Å². The minimum Gasteiger partial charge on any atom is -0.444 e. The normalized spacial score (nSPS) is 13.5. The van der Waals surface area contributed by atoms with Crippen molar-refractivity contribution in [1.29, 1.82) is 0 Å². The van der Waals surface area contributed by atoms with Crippen molar-refractivity contribution in [1.82, 2.24) is 24.6 Å². The lowest BCUT2D eigenvalue weighted by molar-refractivity contribution is 0.0240. The lowest BCUT2D eigenvalue weighted by Gasteiger charge is -2.36. The second kappa shape index (κ2) is 12.5. The van der Waals surface area contributed by atoms with Crippen molar-refractivity contribution in [3.63, 3.8) is 0 Å². The maximum Gasteiger partial charge on any atom is 0.410 e. The number of carbonyl (C=O) groups excluding carboxylic acids is 2. The Morgan fingerprint density at radius 1 is 0.927 bits per heavy atom. The Bertz CT molecular complexity index is 1510. The number of halogens is 1. The summed E-state index contributed by atoms with van der Waals surface area (Å²) < 4.78 is 7.52. The molecule has 216 valence electrons. The summed E-state index contributed by atoms with van der Waals surface area (Å²) in [5, 5.41) is 5.59. The summed E-state index contributed by atoms with van der Waals surface area (Å²) in [4.78, 5) is 37.5. The van der Waals surface area contributed by atoms with E-state index in [-0.39, 0.29) is 24.5 Å². The van der Waals surface area contributed by atoms with E-state index in [4.69, 9.17) is 9.72 Å². The Morgan fingerprint density at radius 2 is 1.71 bits per heavy atom. The van der Waals surface area contributed by atoms with Crippen LogP contribution in [0.15, 0.2) is 67.1 Å². The van der Waals surface area contributed by atoms with Crippen molar-refractivity contribution in [2.24, 2.45) is 0 Å². The van der Waals surface area contributed by atoms with Crippen molar-refractivity contribution in [3.8, 4) is 22.4 Å². The quantitative estimate of drug-likeness (QED) is 0.316. The van der Waals surface area contributed by atoms with E-state index in [9.17, 15) is 9.59 Å². The predicted molar refractivity (Wildman–Crippen MR) is 164 cm³/mol. The molecule has 0 spiro atoms. The number of anilines is 2. The van der Waals surface area contributed by atoms with E-state index in [0.29, 0.717) is 38.4 Å². The molecule has 4 aromatic rings. The number of fused-ring (bicyclic) bond motifs is 1. The van der Waals surface area contributed by atoms with Gasteiger partial charge in [-0.05, 0) is 69.7 Å². The number of aromatic nitrogens is 3. The van der Waals surface area contributed by atoms with Crippen LogP contribution < -0.4 is 15.5 Å². The summed E-state index contributed by atoms with van der Waals surface area (Å²) in [7, 11) is 0. The molecular formula is C30H36ClN7O3. The molecule has 1 fully saturated rings. The molecule has 1 aliphatic rings. The second-order valence-electron chi connectivity index (χ2n) is 10.7. The summed E-state index contributed by atoms with van der Waals surface area (Å²) in [5.74, 6) is 0.887. The molecule has 11 heteroatoms.